The van der Waals surface area contributed by atoms with Crippen LogP contribution >= 0.6 is 23.4 Å². The van der Waals surface area contributed by atoms with E-state index in [0.29, 0.717) is 23.8 Å². The van der Waals surface area contributed by atoms with Crippen LogP contribution in [0.5, 0.6) is 0 Å². The molecule has 0 bridgehead atoms. The van der Waals surface area contributed by atoms with Crippen LogP contribution in [0.2, 0.25) is 5.02 Å². The quantitative estimate of drug-likeness (QED) is 0.621. The van der Waals surface area contributed by atoms with E-state index in [4.69, 9.17) is 16.3 Å². The molecule has 0 radical (unpaired) electrons. The molecule has 0 spiro atoms. The summed E-state index contributed by atoms with van der Waals surface area (Å²) in [7, 11) is 0. The van der Waals surface area contributed by atoms with Crippen LogP contribution in [0.1, 0.15) is 20.3 Å². The summed E-state index contributed by atoms with van der Waals surface area (Å²) in [4.78, 5) is 24.0. The molecule has 0 aliphatic rings. The molecular weight excluding hydrogens is 298 g/mol. The lowest BCUT2D eigenvalue weighted by molar-refractivity contribution is -0.146. The van der Waals surface area contributed by atoms with Crippen LogP contribution in [-0.2, 0) is 14.3 Å². The summed E-state index contributed by atoms with van der Waals surface area (Å²) in [5.41, 5.74) is 0. The topological polar surface area (TPSA) is 55.4 Å². The smallest absolute Gasteiger partial charge is 0.328 e. The predicted molar refractivity (Wildman–Crippen MR) is 81.0 cm³/mol. The zero-order valence-corrected chi connectivity index (χ0v) is 13.1. The second-order valence-corrected chi connectivity index (χ2v) is 5.61. The maximum absolute atomic E-state index is 11.7. The van der Waals surface area contributed by atoms with Crippen LogP contribution in [-0.4, -0.2) is 30.3 Å². The molecule has 0 saturated carbocycles. The molecule has 0 fully saturated rings. The van der Waals surface area contributed by atoms with Crippen LogP contribution in [0.25, 0.3) is 0 Å². The Balaban J connectivity index is 2.30. The van der Waals surface area contributed by atoms with E-state index in [9.17, 15) is 9.59 Å². The summed E-state index contributed by atoms with van der Waals surface area (Å²) < 4.78 is 4.82. The molecule has 1 amide bonds. The summed E-state index contributed by atoms with van der Waals surface area (Å²) in [5, 5.41) is 3.28. The molecule has 1 atom stereocenters. The largest absolute Gasteiger partial charge is 0.464 e. The van der Waals surface area contributed by atoms with Gasteiger partial charge in [-0.25, -0.2) is 4.79 Å². The van der Waals surface area contributed by atoms with E-state index in [1.54, 1.807) is 13.8 Å². The highest BCUT2D eigenvalue weighted by molar-refractivity contribution is 7.99. The average Bonchev–Trinajstić information content (AvgIpc) is 2.41. The highest BCUT2D eigenvalue weighted by Gasteiger charge is 2.16. The minimum Gasteiger partial charge on any atom is -0.464 e. The molecule has 0 aliphatic heterocycles. The number of benzene rings is 1. The second-order valence-electron chi connectivity index (χ2n) is 4.07. The highest BCUT2D eigenvalue weighted by atomic mass is 35.5. The number of amides is 1. The Morgan fingerprint density at radius 2 is 2.10 bits per heavy atom. The Bertz CT molecular complexity index is 467. The van der Waals surface area contributed by atoms with Crippen molar-refractivity contribution in [2.75, 3.05) is 12.4 Å². The zero-order chi connectivity index (χ0) is 15.0. The Labute approximate surface area is 128 Å². The standard InChI is InChI=1S/C14H18ClNO3S/c1-3-19-14(18)10(2)16-13(17)8-9-20-12-7-5-4-6-11(12)15/h4-7,10H,3,8-9H2,1-2H3,(H,16,17). The van der Waals surface area contributed by atoms with E-state index < -0.39 is 12.0 Å². The van der Waals surface area contributed by atoms with Gasteiger partial charge in [0, 0.05) is 17.1 Å². The zero-order valence-electron chi connectivity index (χ0n) is 11.5. The number of rotatable bonds is 7. The first-order valence-electron chi connectivity index (χ1n) is 6.38. The van der Waals surface area contributed by atoms with E-state index >= 15 is 0 Å². The number of halogens is 1. The average molecular weight is 316 g/mol. The van der Waals surface area contributed by atoms with Gasteiger partial charge in [0.2, 0.25) is 5.91 Å². The van der Waals surface area contributed by atoms with Crippen LogP contribution in [0.4, 0.5) is 0 Å². The third-order valence-corrected chi connectivity index (χ3v) is 3.96. The molecule has 1 N–H and O–H groups in total. The minimum atomic E-state index is -0.618. The fourth-order valence-corrected chi connectivity index (χ4v) is 2.64. The Kier molecular flexibility index (Phi) is 7.47. The predicted octanol–water partition coefficient (Wildman–Crippen LogP) is 2.89. The van der Waals surface area contributed by atoms with Crippen molar-refractivity contribution in [1.29, 1.82) is 0 Å². The van der Waals surface area contributed by atoms with Gasteiger partial charge in [0.1, 0.15) is 6.04 Å². The molecule has 20 heavy (non-hydrogen) atoms. The second kappa shape index (κ2) is 8.87. The molecule has 6 heteroatoms. The fraction of sp³-hybridized carbons (Fsp3) is 0.429. The van der Waals surface area contributed by atoms with Crippen LogP contribution in [0, 0.1) is 0 Å². The van der Waals surface area contributed by atoms with Crippen molar-refractivity contribution in [1.82, 2.24) is 5.32 Å². The first-order chi connectivity index (χ1) is 9.54. The van der Waals surface area contributed by atoms with Crippen molar-refractivity contribution >= 4 is 35.2 Å². The lowest BCUT2D eigenvalue weighted by atomic mass is 10.3. The lowest BCUT2D eigenvalue weighted by Crippen LogP contribution is -2.39. The number of ether oxygens (including phenoxy) is 1. The summed E-state index contributed by atoms with van der Waals surface area (Å²) in [6.45, 7) is 3.64. The Hall–Kier alpha value is -1.20. The van der Waals surface area contributed by atoms with Gasteiger partial charge in [0.05, 0.1) is 11.6 Å². The van der Waals surface area contributed by atoms with Gasteiger partial charge in [0.15, 0.2) is 0 Å². The van der Waals surface area contributed by atoms with Crippen LogP contribution < -0.4 is 5.32 Å². The van der Waals surface area contributed by atoms with E-state index in [2.05, 4.69) is 5.32 Å². The molecule has 1 rings (SSSR count). The monoisotopic (exact) mass is 315 g/mol. The Morgan fingerprint density at radius 1 is 1.40 bits per heavy atom. The minimum absolute atomic E-state index is 0.176. The third-order valence-electron chi connectivity index (χ3n) is 2.44. The van der Waals surface area contributed by atoms with Gasteiger partial charge >= 0.3 is 5.97 Å². The first kappa shape index (κ1) is 16.9. The summed E-state index contributed by atoms with van der Waals surface area (Å²) in [6.07, 6.45) is 0.319. The molecule has 1 unspecified atom stereocenters. The van der Waals surface area contributed by atoms with Gasteiger partial charge in [-0.2, -0.15) is 0 Å². The summed E-state index contributed by atoms with van der Waals surface area (Å²) >= 11 is 7.53. The van der Waals surface area contributed by atoms with Crippen molar-refractivity contribution in [3.63, 3.8) is 0 Å². The maximum Gasteiger partial charge on any atom is 0.328 e. The number of carbonyl (C=O) groups excluding carboxylic acids is 2. The normalized spacial score (nSPS) is 11.8. The number of esters is 1. The number of hydrogen-bond acceptors (Lipinski definition) is 4. The SMILES string of the molecule is CCOC(=O)C(C)NC(=O)CCSc1ccccc1Cl. The van der Waals surface area contributed by atoms with Crippen LogP contribution in [0.15, 0.2) is 29.2 Å². The molecular formula is C14H18ClNO3S. The first-order valence-corrected chi connectivity index (χ1v) is 7.74. The third kappa shape index (κ3) is 5.84. The van der Waals surface area contributed by atoms with E-state index in [0.717, 1.165) is 4.90 Å². The summed E-state index contributed by atoms with van der Waals surface area (Å²) in [5.74, 6) is 0.00944. The van der Waals surface area contributed by atoms with Crippen molar-refractivity contribution in [3.05, 3.63) is 29.3 Å². The van der Waals surface area contributed by atoms with Gasteiger partial charge < -0.3 is 10.1 Å². The van der Waals surface area contributed by atoms with Gasteiger partial charge in [-0.1, -0.05) is 23.7 Å². The molecule has 4 nitrogen and oxygen atoms in total. The molecule has 0 aromatic heterocycles. The fourth-order valence-electron chi connectivity index (χ4n) is 1.46. The maximum atomic E-state index is 11.7. The van der Waals surface area contributed by atoms with Gasteiger partial charge in [-0.05, 0) is 26.0 Å². The number of hydrogen-bond donors (Lipinski definition) is 1. The van der Waals surface area contributed by atoms with E-state index in [-0.39, 0.29) is 5.91 Å². The molecule has 0 aliphatic carbocycles. The van der Waals surface area contributed by atoms with Crippen molar-refractivity contribution in [3.8, 4) is 0 Å². The number of carbonyl (C=O) groups is 2. The van der Waals surface area contributed by atoms with E-state index in [1.807, 2.05) is 24.3 Å². The number of nitrogens with one attached hydrogen (secondary N) is 1. The van der Waals surface area contributed by atoms with Gasteiger partial charge in [0.25, 0.3) is 0 Å². The molecule has 0 saturated heterocycles. The van der Waals surface area contributed by atoms with Gasteiger partial charge in [-0.15, -0.1) is 11.8 Å². The highest BCUT2D eigenvalue weighted by Crippen LogP contribution is 2.26. The van der Waals surface area contributed by atoms with Gasteiger partial charge in [-0.3, -0.25) is 4.79 Å². The van der Waals surface area contributed by atoms with Crippen molar-refractivity contribution in [2.24, 2.45) is 0 Å². The molecule has 0 heterocycles. The summed E-state index contributed by atoms with van der Waals surface area (Å²) in [6, 6.07) is 6.86. The van der Waals surface area contributed by atoms with Crippen molar-refractivity contribution < 1.29 is 14.3 Å². The molecule has 1 aromatic rings. The lowest BCUT2D eigenvalue weighted by Gasteiger charge is -2.12. The Morgan fingerprint density at radius 3 is 2.75 bits per heavy atom. The molecule has 1 aromatic carbocycles. The van der Waals surface area contributed by atoms with E-state index in [1.165, 1.54) is 11.8 Å². The number of thioether (sulfide) groups is 1. The van der Waals surface area contributed by atoms with Crippen LogP contribution in [0.3, 0.4) is 0 Å². The van der Waals surface area contributed by atoms with Crippen molar-refractivity contribution in [2.45, 2.75) is 31.2 Å². The molecule has 110 valence electrons.